The third-order valence-corrected chi connectivity index (χ3v) is 4.99. The molecule has 5 nitrogen and oxygen atoms in total. The van der Waals surface area contributed by atoms with Gasteiger partial charge in [0.05, 0.1) is 5.02 Å². The molecule has 1 atom stereocenters. The quantitative estimate of drug-likeness (QED) is 0.737. The second kappa shape index (κ2) is 9.06. The van der Waals surface area contributed by atoms with Gasteiger partial charge in [-0.3, -0.25) is 4.79 Å². The molecule has 148 valence electrons. The van der Waals surface area contributed by atoms with E-state index in [1.165, 1.54) is 38.3 Å². The number of carbonyl (C=O) groups excluding carboxylic acids is 2. The Bertz CT molecular complexity index is 831. The van der Waals surface area contributed by atoms with Crippen molar-refractivity contribution < 1.29 is 18.7 Å². The predicted octanol–water partition coefficient (Wildman–Crippen LogP) is 4.65. The van der Waals surface area contributed by atoms with Crippen LogP contribution in [0, 0.1) is 5.82 Å². The van der Waals surface area contributed by atoms with Crippen LogP contribution in [-0.2, 0) is 9.53 Å². The molecule has 1 amide bonds. The summed E-state index contributed by atoms with van der Waals surface area (Å²) in [5.41, 5.74) is 1.33. The SMILES string of the molecule is C[C@H](OC(=O)c1c(F)cccc1Cl)C(=O)Nc1ccc(N2CCCCC2)cc1. The molecular weight excluding hydrogens is 383 g/mol. The van der Waals surface area contributed by atoms with E-state index in [4.69, 9.17) is 16.3 Å². The van der Waals surface area contributed by atoms with Gasteiger partial charge in [-0.15, -0.1) is 0 Å². The lowest BCUT2D eigenvalue weighted by Crippen LogP contribution is -2.30. The Labute approximate surface area is 168 Å². The number of halogens is 2. The highest BCUT2D eigenvalue weighted by atomic mass is 35.5. The van der Waals surface area contributed by atoms with E-state index in [1.807, 2.05) is 24.3 Å². The first-order valence-corrected chi connectivity index (χ1v) is 9.64. The number of amides is 1. The van der Waals surface area contributed by atoms with Gasteiger partial charge in [0.25, 0.3) is 5.91 Å². The van der Waals surface area contributed by atoms with Crippen molar-refractivity contribution in [1.29, 1.82) is 0 Å². The van der Waals surface area contributed by atoms with Crippen LogP contribution in [0.15, 0.2) is 42.5 Å². The van der Waals surface area contributed by atoms with Crippen molar-refractivity contribution in [2.24, 2.45) is 0 Å². The number of piperidine rings is 1. The summed E-state index contributed by atoms with van der Waals surface area (Å²) < 4.78 is 18.9. The maximum atomic E-state index is 13.8. The van der Waals surface area contributed by atoms with Crippen LogP contribution < -0.4 is 10.2 Å². The fourth-order valence-corrected chi connectivity index (χ4v) is 3.36. The zero-order chi connectivity index (χ0) is 20.1. The molecule has 0 bridgehead atoms. The van der Waals surface area contributed by atoms with Crippen molar-refractivity contribution in [1.82, 2.24) is 0 Å². The van der Waals surface area contributed by atoms with Crippen molar-refractivity contribution in [2.45, 2.75) is 32.3 Å². The molecule has 0 unspecified atom stereocenters. The van der Waals surface area contributed by atoms with Gasteiger partial charge in [0.15, 0.2) is 6.10 Å². The highest BCUT2D eigenvalue weighted by molar-refractivity contribution is 6.33. The Hall–Kier alpha value is -2.60. The molecule has 1 aliphatic heterocycles. The van der Waals surface area contributed by atoms with E-state index in [0.717, 1.165) is 24.8 Å². The van der Waals surface area contributed by atoms with Crippen LogP contribution in [0.3, 0.4) is 0 Å². The number of hydrogen-bond acceptors (Lipinski definition) is 4. The summed E-state index contributed by atoms with van der Waals surface area (Å²) in [5.74, 6) is -2.28. The normalized spacial score (nSPS) is 15.0. The van der Waals surface area contributed by atoms with E-state index >= 15 is 0 Å². The summed E-state index contributed by atoms with van der Waals surface area (Å²) in [6.45, 7) is 3.50. The van der Waals surface area contributed by atoms with Crippen LogP contribution in [0.5, 0.6) is 0 Å². The zero-order valence-corrected chi connectivity index (χ0v) is 16.3. The van der Waals surface area contributed by atoms with Crippen LogP contribution in [0.4, 0.5) is 15.8 Å². The number of esters is 1. The number of hydrogen-bond donors (Lipinski definition) is 1. The molecule has 0 aliphatic carbocycles. The van der Waals surface area contributed by atoms with E-state index in [1.54, 1.807) is 0 Å². The van der Waals surface area contributed by atoms with Crippen LogP contribution in [0.2, 0.25) is 5.02 Å². The fourth-order valence-electron chi connectivity index (χ4n) is 3.12. The van der Waals surface area contributed by atoms with E-state index in [9.17, 15) is 14.0 Å². The standard InChI is InChI=1S/C21H22ClFN2O3/c1-14(28-21(27)19-17(22)6-5-7-18(19)23)20(26)24-15-8-10-16(11-9-15)25-12-3-2-4-13-25/h5-11,14H,2-4,12-13H2,1H3,(H,24,26)/t14-/m0/s1. The Morgan fingerprint density at radius 2 is 1.79 bits per heavy atom. The lowest BCUT2D eigenvalue weighted by Gasteiger charge is -2.28. The van der Waals surface area contributed by atoms with Gasteiger partial charge in [0, 0.05) is 24.5 Å². The molecule has 1 heterocycles. The molecule has 0 radical (unpaired) electrons. The van der Waals surface area contributed by atoms with Crippen molar-refractivity contribution in [3.8, 4) is 0 Å². The predicted molar refractivity (Wildman–Crippen MR) is 107 cm³/mol. The van der Waals surface area contributed by atoms with Gasteiger partial charge in [0.2, 0.25) is 0 Å². The molecule has 0 spiro atoms. The van der Waals surface area contributed by atoms with Crippen LogP contribution in [0.1, 0.15) is 36.5 Å². The van der Waals surface area contributed by atoms with Crippen molar-refractivity contribution in [3.05, 3.63) is 58.9 Å². The summed E-state index contributed by atoms with van der Waals surface area (Å²) >= 11 is 5.85. The average molecular weight is 405 g/mol. The lowest BCUT2D eigenvalue weighted by atomic mass is 10.1. The molecule has 1 aliphatic rings. The van der Waals surface area contributed by atoms with E-state index in [2.05, 4.69) is 10.2 Å². The molecule has 1 saturated heterocycles. The molecule has 0 saturated carbocycles. The van der Waals surface area contributed by atoms with E-state index in [-0.39, 0.29) is 10.6 Å². The number of rotatable bonds is 5. The number of carbonyl (C=O) groups is 2. The van der Waals surface area contributed by atoms with E-state index in [0.29, 0.717) is 5.69 Å². The fraction of sp³-hybridized carbons (Fsp3) is 0.333. The van der Waals surface area contributed by atoms with Crippen LogP contribution >= 0.6 is 11.6 Å². The summed E-state index contributed by atoms with van der Waals surface area (Å²) in [5, 5.41) is 2.63. The first-order chi connectivity index (χ1) is 13.5. The monoisotopic (exact) mass is 404 g/mol. The van der Waals surface area contributed by atoms with Gasteiger partial charge in [0.1, 0.15) is 11.4 Å². The van der Waals surface area contributed by atoms with Crippen molar-refractivity contribution in [3.63, 3.8) is 0 Å². The molecule has 1 fully saturated rings. The van der Waals surface area contributed by atoms with Gasteiger partial charge in [-0.2, -0.15) is 0 Å². The van der Waals surface area contributed by atoms with Gasteiger partial charge < -0.3 is 15.0 Å². The number of benzene rings is 2. The molecule has 2 aromatic carbocycles. The average Bonchev–Trinajstić information content (AvgIpc) is 2.69. The Morgan fingerprint density at radius 3 is 2.43 bits per heavy atom. The second-order valence-corrected chi connectivity index (χ2v) is 7.14. The first-order valence-electron chi connectivity index (χ1n) is 9.26. The highest BCUT2D eigenvalue weighted by Crippen LogP contribution is 2.23. The van der Waals surface area contributed by atoms with Gasteiger partial charge in [-0.05, 0) is 62.6 Å². The Morgan fingerprint density at radius 1 is 1.11 bits per heavy atom. The molecule has 0 aromatic heterocycles. The molecule has 2 aromatic rings. The molecule has 1 N–H and O–H groups in total. The maximum Gasteiger partial charge on any atom is 0.343 e. The first kappa shape index (κ1) is 20.1. The molecule has 28 heavy (non-hydrogen) atoms. The van der Waals surface area contributed by atoms with Crippen molar-refractivity contribution in [2.75, 3.05) is 23.3 Å². The summed E-state index contributed by atoms with van der Waals surface area (Å²) in [7, 11) is 0. The number of nitrogens with one attached hydrogen (secondary N) is 1. The van der Waals surface area contributed by atoms with Crippen molar-refractivity contribution >= 4 is 34.9 Å². The van der Waals surface area contributed by atoms with Gasteiger partial charge >= 0.3 is 5.97 Å². The third kappa shape index (κ3) is 4.81. The second-order valence-electron chi connectivity index (χ2n) is 6.73. The summed E-state index contributed by atoms with van der Waals surface area (Å²) in [4.78, 5) is 26.8. The number of nitrogens with zero attached hydrogens (tertiary/aromatic N) is 1. The highest BCUT2D eigenvalue weighted by Gasteiger charge is 2.23. The minimum atomic E-state index is -1.11. The lowest BCUT2D eigenvalue weighted by molar-refractivity contribution is -0.123. The Balaban J connectivity index is 1.58. The Kier molecular flexibility index (Phi) is 6.52. The smallest absolute Gasteiger partial charge is 0.343 e. The summed E-state index contributed by atoms with van der Waals surface area (Å²) in [6.07, 6.45) is 2.53. The van der Waals surface area contributed by atoms with Gasteiger partial charge in [-0.1, -0.05) is 17.7 Å². The van der Waals surface area contributed by atoms with Crippen LogP contribution in [-0.4, -0.2) is 31.1 Å². The largest absolute Gasteiger partial charge is 0.449 e. The van der Waals surface area contributed by atoms with E-state index < -0.39 is 23.8 Å². The number of ether oxygens (including phenoxy) is 1. The molecule has 7 heteroatoms. The molecule has 3 rings (SSSR count). The van der Waals surface area contributed by atoms with Gasteiger partial charge in [-0.25, -0.2) is 9.18 Å². The minimum absolute atomic E-state index is 0.0640. The molecular formula is C21H22ClFN2O3. The maximum absolute atomic E-state index is 13.8. The third-order valence-electron chi connectivity index (χ3n) is 4.68. The minimum Gasteiger partial charge on any atom is -0.449 e. The number of anilines is 2. The summed E-state index contributed by atoms with van der Waals surface area (Å²) in [6, 6.07) is 11.4. The van der Waals surface area contributed by atoms with Crippen LogP contribution in [0.25, 0.3) is 0 Å². The zero-order valence-electron chi connectivity index (χ0n) is 15.6. The topological polar surface area (TPSA) is 58.6 Å².